The molecule has 0 aliphatic rings. The Morgan fingerprint density at radius 2 is 0.373 bits per heavy atom. The highest BCUT2D eigenvalue weighted by Crippen LogP contribution is 2.44. The van der Waals surface area contributed by atoms with Gasteiger partial charge in [-0.2, -0.15) is 0 Å². The monoisotopic (exact) mass is 1810 g/mol. The summed E-state index contributed by atoms with van der Waals surface area (Å²) in [7, 11) is 0. The highest BCUT2D eigenvalue weighted by Gasteiger charge is 2.24. The van der Waals surface area contributed by atoms with Gasteiger partial charge in [0.25, 0.3) is 0 Å². The standard InChI is InChI=1S/C46H28N4.C45H27N5.C37H23N5/c1-3-13-33-30(10-1)24-40(37-17-7-5-15-35(33)37)44-26-45(41-25-31-11-2-4-14-34(31)36-16-6-8-18-38(36)41)50-46(49-44)32-20-21-43(48-27-32)39-19-9-12-29-22-23-47-28-42(29)39;1-3-13-32-29(10-1)24-39(36-17-7-5-15-34(32)36)44-48-43(31-20-21-42(47-26-31)38-19-9-12-28-22-23-46-27-41(28)38)49-45(50-44)40-25-30-11-2-4-14-33(30)35-16-6-8-18-37(35)40;1-3-8-27-20-29(14-12-24(27)6-1)35-40-36(30-15-13-25-7-2-4-9-28(25)21-30)42-37(41-35)31-16-17-34(39-22-31)32-11-5-10-26-18-19-38-23-33(26)32/h1-28H;1-27H;1-23H. The lowest BCUT2D eigenvalue weighted by Crippen LogP contribution is -2.02. The Hall–Kier alpha value is -19.4. The van der Waals surface area contributed by atoms with E-state index in [0.29, 0.717) is 40.8 Å². The number of nitrogens with zero attached hydrogens (tertiary/aromatic N) is 14. The molecular formula is C128H78N14. The molecule has 0 radical (unpaired) electrons. The number of benzene rings is 19. The summed E-state index contributed by atoms with van der Waals surface area (Å²) in [5, 5.41) is 29.9. The summed E-state index contributed by atoms with van der Waals surface area (Å²) in [4.78, 5) is 68.8. The van der Waals surface area contributed by atoms with E-state index in [1.54, 1.807) is 0 Å². The maximum atomic E-state index is 5.29. The van der Waals surface area contributed by atoms with E-state index in [-0.39, 0.29) is 0 Å². The van der Waals surface area contributed by atoms with E-state index in [0.717, 1.165) is 181 Å². The summed E-state index contributed by atoms with van der Waals surface area (Å²) in [6.45, 7) is 0. The molecule has 19 aromatic carbocycles. The summed E-state index contributed by atoms with van der Waals surface area (Å²) >= 11 is 0. The molecule has 0 atom stereocenters. The van der Waals surface area contributed by atoms with Gasteiger partial charge < -0.3 is 0 Å². The molecule has 0 bridgehead atoms. The van der Waals surface area contributed by atoms with Crippen molar-refractivity contribution in [3.63, 3.8) is 0 Å². The molecule has 142 heavy (non-hydrogen) atoms. The molecule has 14 heteroatoms. The minimum absolute atomic E-state index is 0.568. The van der Waals surface area contributed by atoms with E-state index in [1.165, 1.54) is 53.9 Å². The Kier molecular flexibility index (Phi) is 20.9. The molecule has 0 fully saturated rings. The fourth-order valence-electron chi connectivity index (χ4n) is 20.1. The first-order chi connectivity index (χ1) is 70.3. The van der Waals surface area contributed by atoms with Crippen molar-refractivity contribution in [1.82, 2.24) is 69.8 Å². The molecule has 0 aliphatic heterocycles. The normalized spacial score (nSPS) is 11.5. The Balaban J connectivity index is 0.000000110. The molecule has 9 heterocycles. The van der Waals surface area contributed by atoms with Crippen LogP contribution in [0.15, 0.2) is 474 Å². The lowest BCUT2D eigenvalue weighted by atomic mass is 9.93. The van der Waals surface area contributed by atoms with Crippen molar-refractivity contribution in [1.29, 1.82) is 0 Å². The fourth-order valence-corrected chi connectivity index (χ4v) is 20.1. The Bertz CT molecular complexity index is 9120. The van der Waals surface area contributed by atoms with Gasteiger partial charge in [0.1, 0.15) is 0 Å². The lowest BCUT2D eigenvalue weighted by Gasteiger charge is -2.15. The van der Waals surface area contributed by atoms with Crippen LogP contribution in [0.2, 0.25) is 0 Å². The van der Waals surface area contributed by atoms with E-state index < -0.39 is 0 Å². The van der Waals surface area contributed by atoms with Gasteiger partial charge in [0, 0.05) is 139 Å². The summed E-state index contributed by atoms with van der Waals surface area (Å²) in [5.41, 5.74) is 15.9. The third-order valence-electron chi connectivity index (χ3n) is 27.1. The molecule has 0 aliphatic carbocycles. The number of hydrogen-bond donors (Lipinski definition) is 0. The molecule has 0 N–H and O–H groups in total. The predicted molar refractivity (Wildman–Crippen MR) is 581 cm³/mol. The Labute approximate surface area is 814 Å². The van der Waals surface area contributed by atoms with Crippen LogP contribution in [-0.2, 0) is 0 Å². The van der Waals surface area contributed by atoms with Crippen molar-refractivity contribution < 1.29 is 0 Å². The van der Waals surface area contributed by atoms with E-state index in [4.69, 9.17) is 54.8 Å². The lowest BCUT2D eigenvalue weighted by molar-refractivity contribution is 1.07. The van der Waals surface area contributed by atoms with E-state index in [9.17, 15) is 0 Å². The van der Waals surface area contributed by atoms with Crippen LogP contribution in [-0.4, -0.2) is 69.8 Å². The Morgan fingerprint density at radius 1 is 0.120 bits per heavy atom. The molecule has 28 rings (SSSR count). The quantitative estimate of drug-likeness (QED) is 0.105. The van der Waals surface area contributed by atoms with Gasteiger partial charge >= 0.3 is 0 Å². The second-order valence-electron chi connectivity index (χ2n) is 35.5. The van der Waals surface area contributed by atoms with Gasteiger partial charge in [-0.15, -0.1) is 0 Å². The average Bonchev–Trinajstić information content (AvgIpc) is 0.750. The minimum Gasteiger partial charge on any atom is -0.264 e. The molecule has 0 saturated heterocycles. The van der Waals surface area contributed by atoms with Gasteiger partial charge in [-0.3, -0.25) is 29.9 Å². The van der Waals surface area contributed by atoms with Crippen LogP contribution in [0.25, 0.3) is 276 Å². The summed E-state index contributed by atoms with van der Waals surface area (Å²) in [6.07, 6.45) is 16.7. The number of aromatic nitrogens is 14. The number of rotatable bonds is 12. The molecule has 14 nitrogen and oxygen atoms in total. The first-order valence-electron chi connectivity index (χ1n) is 47.3. The topological polar surface area (TPSA) is 180 Å². The van der Waals surface area contributed by atoms with Crippen molar-refractivity contribution in [2.24, 2.45) is 0 Å². The largest absolute Gasteiger partial charge is 0.264 e. The molecule has 28 aromatic rings. The maximum Gasteiger partial charge on any atom is 0.165 e. The van der Waals surface area contributed by atoms with Crippen molar-refractivity contribution in [3.05, 3.63) is 474 Å². The van der Waals surface area contributed by atoms with Gasteiger partial charge in [0.2, 0.25) is 0 Å². The summed E-state index contributed by atoms with van der Waals surface area (Å²) in [5.74, 6) is 4.26. The molecule has 0 amide bonds. The van der Waals surface area contributed by atoms with Gasteiger partial charge in [-0.25, -0.2) is 39.9 Å². The highest BCUT2D eigenvalue weighted by atomic mass is 15.0. The van der Waals surface area contributed by atoms with Crippen LogP contribution in [0, 0.1) is 0 Å². The van der Waals surface area contributed by atoms with Crippen LogP contribution in [0.4, 0.5) is 0 Å². The zero-order valence-electron chi connectivity index (χ0n) is 76.3. The average molecular weight is 1810 g/mol. The first-order valence-corrected chi connectivity index (χ1v) is 47.3. The van der Waals surface area contributed by atoms with Gasteiger partial charge in [0.05, 0.1) is 28.5 Å². The van der Waals surface area contributed by atoms with Crippen LogP contribution in [0.3, 0.4) is 0 Å². The second kappa shape index (κ2) is 35.7. The highest BCUT2D eigenvalue weighted by molar-refractivity contribution is 6.18. The van der Waals surface area contributed by atoms with Gasteiger partial charge in [-0.1, -0.05) is 322 Å². The molecular weight excluding hydrogens is 1730 g/mol. The zero-order valence-corrected chi connectivity index (χ0v) is 76.3. The Morgan fingerprint density at radius 3 is 0.704 bits per heavy atom. The third-order valence-corrected chi connectivity index (χ3v) is 27.1. The second-order valence-corrected chi connectivity index (χ2v) is 35.5. The molecule has 9 aromatic heterocycles. The summed E-state index contributed by atoms with van der Waals surface area (Å²) in [6, 6.07) is 146. The van der Waals surface area contributed by atoms with Gasteiger partial charge in [-0.05, 0) is 221 Å². The first kappa shape index (κ1) is 83.2. The van der Waals surface area contributed by atoms with Crippen LogP contribution < -0.4 is 0 Å². The smallest absolute Gasteiger partial charge is 0.165 e. The minimum atomic E-state index is 0.568. The van der Waals surface area contributed by atoms with E-state index in [2.05, 4.69) is 367 Å². The van der Waals surface area contributed by atoms with Crippen molar-refractivity contribution in [2.75, 3.05) is 0 Å². The number of pyridine rings is 6. The van der Waals surface area contributed by atoms with E-state index >= 15 is 0 Å². The number of hydrogen-bond acceptors (Lipinski definition) is 14. The maximum absolute atomic E-state index is 5.29. The molecule has 660 valence electrons. The third kappa shape index (κ3) is 15.5. The molecule has 0 saturated carbocycles. The van der Waals surface area contributed by atoms with Gasteiger partial charge in [0.15, 0.2) is 40.8 Å². The summed E-state index contributed by atoms with van der Waals surface area (Å²) < 4.78 is 0. The molecule has 0 spiro atoms. The van der Waals surface area contributed by atoms with Crippen LogP contribution in [0.1, 0.15) is 0 Å². The SMILES string of the molecule is c1cc(-c2ccc(-c3nc(-c4cc5ccccc5c5ccccc45)cc(-c4cc5ccccc5c5ccccc45)n3)cn2)c2cnccc2c1.c1cc(-c2ccc(-c3nc(-c4cc5ccccc5c5ccccc45)nc(-c4cc5ccccc5c5ccccc45)n3)cn2)c2cnccc2c1.c1ccc2cc(-c3nc(-c4ccc(-c5cccc6ccncc56)nc4)nc(-c4ccc5ccccc5c4)n3)ccc2c1. The fraction of sp³-hybridized carbons (Fsp3) is 0. The van der Waals surface area contributed by atoms with Crippen LogP contribution in [0.5, 0.6) is 0 Å². The van der Waals surface area contributed by atoms with Crippen LogP contribution >= 0.6 is 0 Å². The van der Waals surface area contributed by atoms with Crippen molar-refractivity contribution >= 4 is 140 Å². The van der Waals surface area contributed by atoms with E-state index in [1.807, 2.05) is 123 Å². The zero-order chi connectivity index (χ0) is 93.9. The molecule has 0 unspecified atom stereocenters. The van der Waals surface area contributed by atoms with Crippen molar-refractivity contribution in [3.8, 4) is 136 Å². The van der Waals surface area contributed by atoms with Crippen molar-refractivity contribution in [2.45, 2.75) is 0 Å². The number of fused-ring (bicyclic) bond motifs is 17. The predicted octanol–water partition coefficient (Wildman–Crippen LogP) is 31.6.